The number of rotatable bonds is 59. The van der Waals surface area contributed by atoms with Crippen LogP contribution in [-0.2, 0) is 32.7 Å². The standard InChI is InChI=1S/C66H118NO8P/c1-3-5-7-9-11-13-15-17-19-20-21-22-23-24-25-26-27-28-29-30-31-32-33-34-35-36-37-38-39-40-41-42-43-44-45-47-49-51-53-55-57-59-66(69)75-64(63-74-76(70,71)73-61-60-67)62-72-65(68)58-56-54-52-50-48-46-18-16-14-12-10-8-6-4-2/h5,7,11,13,17,19,21-22,24-25,27-28,30-31,64H,3-4,6,8-10,12,14-16,18,20,23,26,29,32-63,67H2,1-2H3,(H,70,71)/b7-5-,13-11-,19-17-,22-21-,25-24-,28-27-,31-30-. The summed E-state index contributed by atoms with van der Waals surface area (Å²) < 4.78 is 33.0. The average molecular weight is 1080 g/mol. The van der Waals surface area contributed by atoms with Gasteiger partial charge in [-0.05, 0) is 70.6 Å². The van der Waals surface area contributed by atoms with E-state index in [9.17, 15) is 19.0 Å². The lowest BCUT2D eigenvalue weighted by Crippen LogP contribution is -2.29. The van der Waals surface area contributed by atoms with Gasteiger partial charge in [-0.1, -0.05) is 292 Å². The molecule has 0 saturated heterocycles. The van der Waals surface area contributed by atoms with Crippen molar-refractivity contribution < 1.29 is 37.6 Å². The zero-order valence-electron chi connectivity index (χ0n) is 49.2. The van der Waals surface area contributed by atoms with E-state index in [2.05, 4.69) is 98.9 Å². The van der Waals surface area contributed by atoms with Gasteiger partial charge in [0.15, 0.2) is 6.10 Å². The molecule has 0 fully saturated rings. The van der Waals surface area contributed by atoms with Crippen LogP contribution in [0.25, 0.3) is 0 Å². The maximum absolute atomic E-state index is 12.7. The van der Waals surface area contributed by atoms with Crippen molar-refractivity contribution in [2.24, 2.45) is 5.73 Å². The Balaban J connectivity index is 3.80. The minimum atomic E-state index is -4.38. The fraction of sp³-hybridized carbons (Fsp3) is 0.758. The van der Waals surface area contributed by atoms with Crippen LogP contribution in [0.1, 0.15) is 290 Å². The minimum Gasteiger partial charge on any atom is -0.462 e. The van der Waals surface area contributed by atoms with E-state index in [-0.39, 0.29) is 38.6 Å². The molecule has 0 heterocycles. The maximum atomic E-state index is 12.7. The van der Waals surface area contributed by atoms with E-state index in [0.29, 0.717) is 6.42 Å². The van der Waals surface area contributed by atoms with Gasteiger partial charge in [-0.25, -0.2) is 4.57 Å². The molecule has 2 atom stereocenters. The molecule has 0 aliphatic carbocycles. The van der Waals surface area contributed by atoms with Crippen molar-refractivity contribution in [3.63, 3.8) is 0 Å². The second-order valence-corrected chi connectivity index (χ2v) is 22.4. The summed E-state index contributed by atoms with van der Waals surface area (Å²) in [5, 5.41) is 0. The second-order valence-electron chi connectivity index (χ2n) is 20.9. The van der Waals surface area contributed by atoms with Crippen LogP contribution < -0.4 is 5.73 Å². The molecule has 0 rings (SSSR count). The number of phosphoric acid groups is 1. The Labute approximate surface area is 468 Å². The number of nitrogens with two attached hydrogens (primary N) is 1. The van der Waals surface area contributed by atoms with E-state index < -0.39 is 26.5 Å². The van der Waals surface area contributed by atoms with Crippen LogP contribution in [0.3, 0.4) is 0 Å². The summed E-state index contributed by atoms with van der Waals surface area (Å²) in [6.45, 7) is 3.66. The summed E-state index contributed by atoms with van der Waals surface area (Å²) in [5.74, 6) is -0.816. The third-order valence-corrected chi connectivity index (χ3v) is 14.5. The van der Waals surface area contributed by atoms with Crippen LogP contribution >= 0.6 is 7.82 Å². The smallest absolute Gasteiger partial charge is 0.462 e. The van der Waals surface area contributed by atoms with Gasteiger partial charge in [-0.15, -0.1) is 0 Å². The Morgan fingerprint density at radius 3 is 1.08 bits per heavy atom. The van der Waals surface area contributed by atoms with E-state index in [0.717, 1.165) is 83.5 Å². The molecule has 9 nitrogen and oxygen atoms in total. The highest BCUT2D eigenvalue weighted by molar-refractivity contribution is 7.47. The highest BCUT2D eigenvalue weighted by Gasteiger charge is 2.26. The molecule has 0 bridgehead atoms. The van der Waals surface area contributed by atoms with Crippen molar-refractivity contribution in [2.45, 2.75) is 296 Å². The Bertz CT molecular complexity index is 1520. The largest absolute Gasteiger partial charge is 0.472 e. The zero-order chi connectivity index (χ0) is 55.2. The van der Waals surface area contributed by atoms with Gasteiger partial charge >= 0.3 is 19.8 Å². The molecule has 0 spiro atoms. The van der Waals surface area contributed by atoms with Gasteiger partial charge in [-0.2, -0.15) is 0 Å². The third-order valence-electron chi connectivity index (χ3n) is 13.5. The van der Waals surface area contributed by atoms with Crippen LogP contribution in [-0.4, -0.2) is 49.3 Å². The number of allylic oxidation sites excluding steroid dienone is 14. The number of carbonyl (C=O) groups is 2. The van der Waals surface area contributed by atoms with Gasteiger partial charge < -0.3 is 20.1 Å². The van der Waals surface area contributed by atoms with Gasteiger partial charge in [0.2, 0.25) is 0 Å². The normalized spacial score (nSPS) is 13.6. The topological polar surface area (TPSA) is 134 Å². The van der Waals surface area contributed by atoms with E-state index >= 15 is 0 Å². The van der Waals surface area contributed by atoms with Crippen molar-refractivity contribution >= 4 is 19.8 Å². The van der Waals surface area contributed by atoms with Crippen LogP contribution in [0.2, 0.25) is 0 Å². The predicted molar refractivity (Wildman–Crippen MR) is 325 cm³/mol. The average Bonchev–Trinajstić information content (AvgIpc) is 3.41. The Morgan fingerprint density at radius 1 is 0.408 bits per heavy atom. The van der Waals surface area contributed by atoms with Crippen molar-refractivity contribution in [3.8, 4) is 0 Å². The molecular weight excluding hydrogens is 966 g/mol. The molecular formula is C66H118NO8P. The van der Waals surface area contributed by atoms with Gasteiger partial charge in [0.25, 0.3) is 0 Å². The second kappa shape index (κ2) is 61.4. The first-order valence-electron chi connectivity index (χ1n) is 31.6. The zero-order valence-corrected chi connectivity index (χ0v) is 50.1. The molecule has 3 N–H and O–H groups in total. The Kier molecular flexibility index (Phi) is 59.1. The molecule has 0 saturated carbocycles. The number of ether oxygens (including phenoxy) is 2. The predicted octanol–water partition coefficient (Wildman–Crippen LogP) is 20.2. The molecule has 0 aromatic carbocycles. The van der Waals surface area contributed by atoms with Crippen LogP contribution in [0, 0.1) is 0 Å². The number of hydrogen-bond acceptors (Lipinski definition) is 8. The fourth-order valence-electron chi connectivity index (χ4n) is 8.91. The number of unbranched alkanes of at least 4 members (excludes halogenated alkanes) is 32. The molecule has 0 aromatic heterocycles. The van der Waals surface area contributed by atoms with Gasteiger partial charge in [0.1, 0.15) is 6.61 Å². The van der Waals surface area contributed by atoms with E-state index in [1.54, 1.807) is 0 Å². The van der Waals surface area contributed by atoms with Crippen molar-refractivity contribution in [1.82, 2.24) is 0 Å². The first kappa shape index (κ1) is 73.2. The molecule has 0 aliphatic rings. The SMILES string of the molecule is CC/C=C\C/C=C\C/C=C\C/C=C\C/C=C\C/C=C\C/C=C\CCCCCCCCCCCCCCCCCCCCCC(=O)OC(COC(=O)CCCCCCCCCCCCCCCC)COP(=O)(O)OCCN. The van der Waals surface area contributed by atoms with Crippen LogP contribution in [0.4, 0.5) is 0 Å². The molecule has 0 radical (unpaired) electrons. The number of carbonyl (C=O) groups excluding carboxylic acids is 2. The molecule has 76 heavy (non-hydrogen) atoms. The highest BCUT2D eigenvalue weighted by Crippen LogP contribution is 2.43. The number of hydrogen-bond donors (Lipinski definition) is 2. The van der Waals surface area contributed by atoms with E-state index in [1.807, 2.05) is 0 Å². The lowest BCUT2D eigenvalue weighted by molar-refractivity contribution is -0.161. The van der Waals surface area contributed by atoms with Gasteiger partial charge in [-0.3, -0.25) is 18.6 Å². The monoisotopic (exact) mass is 1080 g/mol. The molecule has 2 unspecified atom stereocenters. The molecule has 0 aromatic rings. The summed E-state index contributed by atoms with van der Waals surface area (Å²) in [5.41, 5.74) is 5.38. The Morgan fingerprint density at radius 2 is 0.724 bits per heavy atom. The first-order chi connectivity index (χ1) is 37.3. The number of phosphoric ester groups is 1. The van der Waals surface area contributed by atoms with Crippen LogP contribution in [0.5, 0.6) is 0 Å². The summed E-state index contributed by atoms with van der Waals surface area (Å²) in [4.78, 5) is 35.1. The van der Waals surface area contributed by atoms with E-state index in [1.165, 1.54) is 173 Å². The maximum Gasteiger partial charge on any atom is 0.472 e. The highest BCUT2D eigenvalue weighted by atomic mass is 31.2. The van der Waals surface area contributed by atoms with Crippen molar-refractivity contribution in [2.75, 3.05) is 26.4 Å². The van der Waals surface area contributed by atoms with Crippen LogP contribution in [0.15, 0.2) is 85.1 Å². The number of esters is 2. The summed E-state index contributed by atoms with van der Waals surface area (Å²) in [6.07, 6.45) is 81.0. The lowest BCUT2D eigenvalue weighted by atomic mass is 10.0. The third kappa shape index (κ3) is 60.4. The molecule has 10 heteroatoms. The van der Waals surface area contributed by atoms with Crippen molar-refractivity contribution in [1.29, 1.82) is 0 Å². The van der Waals surface area contributed by atoms with Gasteiger partial charge in [0.05, 0.1) is 13.2 Å². The molecule has 0 aliphatic heterocycles. The summed E-state index contributed by atoms with van der Waals surface area (Å²) >= 11 is 0. The summed E-state index contributed by atoms with van der Waals surface area (Å²) in [7, 11) is -4.38. The van der Waals surface area contributed by atoms with Gasteiger partial charge in [0, 0.05) is 19.4 Å². The molecule has 440 valence electrons. The first-order valence-corrected chi connectivity index (χ1v) is 33.1. The van der Waals surface area contributed by atoms with E-state index in [4.69, 9.17) is 24.3 Å². The fourth-order valence-corrected chi connectivity index (χ4v) is 9.68. The quantitative estimate of drug-likeness (QED) is 0.0264. The molecule has 0 amide bonds. The van der Waals surface area contributed by atoms with Crippen molar-refractivity contribution in [3.05, 3.63) is 85.1 Å². The summed E-state index contributed by atoms with van der Waals surface area (Å²) in [6, 6.07) is 0. The minimum absolute atomic E-state index is 0.0540. The lowest BCUT2D eigenvalue weighted by Gasteiger charge is -2.19. The Hall–Kier alpha value is -2.81.